The third-order valence-electron chi connectivity index (χ3n) is 5.95. The molecule has 0 saturated carbocycles. The van der Waals surface area contributed by atoms with Crippen molar-refractivity contribution in [3.05, 3.63) is 60.1 Å². The van der Waals surface area contributed by atoms with Crippen molar-refractivity contribution in [2.45, 2.75) is 19.4 Å². The molecular formula is C24H26N8O5. The summed E-state index contributed by atoms with van der Waals surface area (Å²) >= 11 is 0. The Morgan fingerprint density at radius 2 is 2.05 bits per heavy atom. The molecule has 1 aromatic carbocycles. The first-order valence-corrected chi connectivity index (χ1v) is 11.3. The highest BCUT2D eigenvalue weighted by Crippen LogP contribution is 2.33. The predicted molar refractivity (Wildman–Crippen MR) is 134 cm³/mol. The highest BCUT2D eigenvalue weighted by molar-refractivity contribution is 5.98. The standard InChI is InChI=1S/C24H26N8O5/c1-4-19(33)31-6-5-16(12-31)32-11-15(9-27-32)28-24-26-10-17(21(25)34)22(30-24)29-20-13(2)7-14(23(35)36)8-18(20)37-3/h4,7-11,16H,1,5-6,12H2,2-3H3,(H2,25,34)(H,35,36)(H2,26,28,29,30)/t16-/m0/s1. The van der Waals surface area contributed by atoms with E-state index in [1.165, 1.54) is 31.5 Å². The van der Waals surface area contributed by atoms with Crippen LogP contribution in [0.2, 0.25) is 0 Å². The second-order valence-corrected chi connectivity index (χ2v) is 8.39. The fourth-order valence-corrected chi connectivity index (χ4v) is 4.05. The van der Waals surface area contributed by atoms with Crippen LogP contribution in [0.5, 0.6) is 5.75 Å². The topological polar surface area (TPSA) is 178 Å². The van der Waals surface area contributed by atoms with Gasteiger partial charge in [0.2, 0.25) is 11.9 Å². The van der Waals surface area contributed by atoms with Crippen molar-refractivity contribution in [2.75, 3.05) is 30.8 Å². The van der Waals surface area contributed by atoms with Gasteiger partial charge in [-0.3, -0.25) is 14.3 Å². The summed E-state index contributed by atoms with van der Waals surface area (Å²) in [5.74, 6) is -1.43. The minimum Gasteiger partial charge on any atom is -0.495 e. The van der Waals surface area contributed by atoms with E-state index in [4.69, 9.17) is 10.5 Å². The van der Waals surface area contributed by atoms with Gasteiger partial charge in [-0.1, -0.05) is 6.58 Å². The van der Waals surface area contributed by atoms with Crippen LogP contribution in [0.3, 0.4) is 0 Å². The number of amides is 2. The monoisotopic (exact) mass is 506 g/mol. The van der Waals surface area contributed by atoms with Gasteiger partial charge in [0.1, 0.15) is 17.1 Å². The molecule has 2 amide bonds. The number of anilines is 4. The first kappa shape index (κ1) is 25.2. The SMILES string of the molecule is C=CC(=O)N1CC[C@H](n2cc(Nc3ncc(C(N)=O)c(Nc4c(C)cc(C(=O)O)cc4OC)n3)cn2)C1. The van der Waals surface area contributed by atoms with Crippen LogP contribution >= 0.6 is 0 Å². The molecule has 3 aromatic rings. The van der Waals surface area contributed by atoms with Crippen molar-refractivity contribution in [1.29, 1.82) is 0 Å². The van der Waals surface area contributed by atoms with Gasteiger partial charge in [-0.05, 0) is 37.1 Å². The van der Waals surface area contributed by atoms with Crippen LogP contribution in [0.4, 0.5) is 23.1 Å². The minimum atomic E-state index is -1.10. The highest BCUT2D eigenvalue weighted by Gasteiger charge is 2.27. The van der Waals surface area contributed by atoms with Gasteiger partial charge in [-0.2, -0.15) is 10.1 Å². The number of hydrogen-bond donors (Lipinski definition) is 4. The molecule has 5 N–H and O–H groups in total. The summed E-state index contributed by atoms with van der Waals surface area (Å²) in [6.07, 6.45) is 6.74. The summed E-state index contributed by atoms with van der Waals surface area (Å²) in [6.45, 7) is 6.38. The Labute approximate surface area is 212 Å². The van der Waals surface area contributed by atoms with E-state index >= 15 is 0 Å². The molecule has 0 spiro atoms. The Bertz CT molecular complexity index is 1390. The van der Waals surface area contributed by atoms with Gasteiger partial charge in [0.25, 0.3) is 5.91 Å². The molecule has 0 aliphatic carbocycles. The number of aromatic carboxylic acids is 1. The van der Waals surface area contributed by atoms with Crippen molar-refractivity contribution in [2.24, 2.45) is 5.73 Å². The molecule has 1 fully saturated rings. The molecule has 1 saturated heterocycles. The number of nitrogens with zero attached hydrogens (tertiary/aromatic N) is 5. The van der Waals surface area contributed by atoms with E-state index in [0.29, 0.717) is 30.0 Å². The zero-order valence-corrected chi connectivity index (χ0v) is 20.3. The molecule has 0 unspecified atom stereocenters. The lowest BCUT2D eigenvalue weighted by atomic mass is 10.1. The second kappa shape index (κ2) is 10.4. The van der Waals surface area contributed by atoms with Crippen molar-refractivity contribution in [1.82, 2.24) is 24.6 Å². The molecule has 1 aliphatic rings. The van der Waals surface area contributed by atoms with Crippen molar-refractivity contribution in [3.8, 4) is 5.75 Å². The molecule has 2 aromatic heterocycles. The molecule has 0 radical (unpaired) electrons. The van der Waals surface area contributed by atoms with E-state index in [2.05, 4.69) is 32.3 Å². The van der Waals surface area contributed by atoms with Crippen LogP contribution in [-0.2, 0) is 4.79 Å². The smallest absolute Gasteiger partial charge is 0.335 e. The van der Waals surface area contributed by atoms with E-state index in [1.54, 1.807) is 28.9 Å². The molecule has 1 aliphatic heterocycles. The molecule has 1 atom stereocenters. The number of primary amides is 1. The number of nitrogens with one attached hydrogen (secondary N) is 2. The first-order chi connectivity index (χ1) is 17.7. The number of benzene rings is 1. The normalized spacial score (nSPS) is 14.8. The maximum atomic E-state index is 12.0. The largest absolute Gasteiger partial charge is 0.495 e. The molecule has 13 nitrogen and oxygen atoms in total. The van der Waals surface area contributed by atoms with E-state index in [-0.39, 0.29) is 40.6 Å². The first-order valence-electron chi connectivity index (χ1n) is 11.3. The van der Waals surface area contributed by atoms with Crippen molar-refractivity contribution < 1.29 is 24.2 Å². The molecule has 0 bridgehead atoms. The summed E-state index contributed by atoms with van der Waals surface area (Å²) in [5, 5.41) is 19.8. The number of ether oxygens (including phenoxy) is 1. The van der Waals surface area contributed by atoms with E-state index in [0.717, 1.165) is 6.42 Å². The average molecular weight is 507 g/mol. The van der Waals surface area contributed by atoms with Gasteiger partial charge in [0.15, 0.2) is 0 Å². The van der Waals surface area contributed by atoms with Gasteiger partial charge in [-0.15, -0.1) is 0 Å². The summed E-state index contributed by atoms with van der Waals surface area (Å²) < 4.78 is 7.13. The number of aryl methyl sites for hydroxylation is 1. The maximum absolute atomic E-state index is 12.0. The quantitative estimate of drug-likeness (QED) is 0.315. The number of rotatable bonds is 9. The van der Waals surface area contributed by atoms with Gasteiger partial charge >= 0.3 is 5.97 Å². The number of hydrogen-bond acceptors (Lipinski definition) is 9. The number of likely N-dealkylation sites (tertiary alicyclic amines) is 1. The van der Waals surface area contributed by atoms with E-state index in [9.17, 15) is 19.5 Å². The van der Waals surface area contributed by atoms with Gasteiger partial charge < -0.3 is 31.1 Å². The molecular weight excluding hydrogens is 480 g/mol. The third kappa shape index (κ3) is 5.34. The van der Waals surface area contributed by atoms with Crippen LogP contribution in [0.1, 0.15) is 38.7 Å². The van der Waals surface area contributed by atoms with Crippen LogP contribution < -0.4 is 21.1 Å². The Kier molecular flexibility index (Phi) is 7.04. The number of carboxylic acid groups (broad SMARTS) is 1. The Hall–Kier alpha value is -4.94. The number of carboxylic acids is 1. The van der Waals surface area contributed by atoms with Crippen LogP contribution in [0, 0.1) is 6.92 Å². The lowest BCUT2D eigenvalue weighted by Gasteiger charge is -2.16. The number of carbonyl (C=O) groups is 3. The minimum absolute atomic E-state index is 0.0269. The third-order valence-corrected chi connectivity index (χ3v) is 5.95. The molecule has 13 heteroatoms. The van der Waals surface area contributed by atoms with Crippen LogP contribution in [0.15, 0.2) is 43.4 Å². The van der Waals surface area contributed by atoms with Crippen LogP contribution in [0.25, 0.3) is 0 Å². The fraction of sp³-hybridized carbons (Fsp3) is 0.250. The van der Waals surface area contributed by atoms with Crippen molar-refractivity contribution in [3.63, 3.8) is 0 Å². The highest BCUT2D eigenvalue weighted by atomic mass is 16.5. The molecule has 4 rings (SSSR count). The lowest BCUT2D eigenvalue weighted by Crippen LogP contribution is -2.27. The molecule has 3 heterocycles. The van der Waals surface area contributed by atoms with Gasteiger partial charge in [0, 0.05) is 25.5 Å². The second-order valence-electron chi connectivity index (χ2n) is 8.39. The average Bonchev–Trinajstić information content (AvgIpc) is 3.54. The van der Waals surface area contributed by atoms with Crippen molar-refractivity contribution >= 4 is 40.9 Å². The van der Waals surface area contributed by atoms with E-state index in [1.807, 2.05) is 0 Å². The zero-order chi connectivity index (χ0) is 26.7. The van der Waals surface area contributed by atoms with Gasteiger partial charge in [-0.25, -0.2) is 9.78 Å². The summed E-state index contributed by atoms with van der Waals surface area (Å²) in [6, 6.07) is 2.86. The summed E-state index contributed by atoms with van der Waals surface area (Å²) in [5.41, 5.74) is 7.19. The Morgan fingerprint density at radius 1 is 1.27 bits per heavy atom. The fourth-order valence-electron chi connectivity index (χ4n) is 4.05. The zero-order valence-electron chi connectivity index (χ0n) is 20.3. The Balaban J connectivity index is 1.58. The molecule has 192 valence electrons. The number of aromatic nitrogens is 4. The number of carbonyl (C=O) groups excluding carboxylic acids is 2. The Morgan fingerprint density at radius 3 is 2.73 bits per heavy atom. The van der Waals surface area contributed by atoms with Crippen LogP contribution in [-0.4, -0.2) is 67.7 Å². The van der Waals surface area contributed by atoms with Gasteiger partial charge in [0.05, 0.1) is 36.3 Å². The summed E-state index contributed by atoms with van der Waals surface area (Å²) in [4.78, 5) is 45.6. The number of methoxy groups -OCH3 is 1. The maximum Gasteiger partial charge on any atom is 0.335 e. The predicted octanol–water partition coefficient (Wildman–Crippen LogP) is 2.23. The molecule has 37 heavy (non-hydrogen) atoms. The summed E-state index contributed by atoms with van der Waals surface area (Å²) in [7, 11) is 1.40. The lowest BCUT2D eigenvalue weighted by molar-refractivity contribution is -0.125. The number of nitrogens with two attached hydrogens (primary N) is 1. The van der Waals surface area contributed by atoms with E-state index < -0.39 is 11.9 Å².